The molecule has 1 fully saturated rings. The van der Waals surface area contributed by atoms with Crippen molar-refractivity contribution in [3.63, 3.8) is 0 Å². The number of aromatic nitrogens is 4. The quantitative estimate of drug-likeness (QED) is 0.403. The summed E-state index contributed by atoms with van der Waals surface area (Å²) < 4.78 is 33.3. The Morgan fingerprint density at radius 3 is 2.69 bits per heavy atom. The van der Waals surface area contributed by atoms with Gasteiger partial charge in [0.05, 0.1) is 34.6 Å². The molecular weight excluding hydrogens is 506 g/mol. The molecule has 196 valence electrons. The summed E-state index contributed by atoms with van der Waals surface area (Å²) in [5.74, 6) is 0.558. The first-order valence-electron chi connectivity index (χ1n) is 12.5. The molecule has 39 heavy (non-hydrogen) atoms. The van der Waals surface area contributed by atoms with E-state index < -0.39 is 23.7 Å². The smallest absolute Gasteiger partial charge is 0.387 e. The monoisotopic (exact) mass is 528 g/mol. The fraction of sp³-hybridized carbons (Fsp3) is 0.321. The Hall–Kier alpha value is -4.43. The van der Waals surface area contributed by atoms with Crippen LogP contribution < -0.4 is 10.1 Å². The van der Waals surface area contributed by atoms with Gasteiger partial charge in [-0.15, -0.1) is 0 Å². The number of aliphatic hydroxyl groups is 1. The molecule has 2 aromatic heterocycles. The fourth-order valence-electron chi connectivity index (χ4n) is 6.38. The highest BCUT2D eigenvalue weighted by Crippen LogP contribution is 2.52. The number of nitrogens with one attached hydrogen (secondary N) is 1. The lowest BCUT2D eigenvalue weighted by Gasteiger charge is -2.46. The average Bonchev–Trinajstić information content (AvgIpc) is 3.39. The maximum atomic E-state index is 13.3. The lowest BCUT2D eigenvalue weighted by atomic mass is 9.60. The largest absolute Gasteiger partial charge is 0.434 e. The van der Waals surface area contributed by atoms with E-state index in [2.05, 4.69) is 21.4 Å². The maximum absolute atomic E-state index is 13.3. The molecule has 7 rings (SSSR count). The van der Waals surface area contributed by atoms with Crippen molar-refractivity contribution in [1.29, 1.82) is 5.26 Å². The lowest BCUT2D eigenvalue weighted by molar-refractivity contribution is -0.109. The van der Waals surface area contributed by atoms with Crippen LogP contribution in [0.5, 0.6) is 5.75 Å². The van der Waals surface area contributed by atoms with Gasteiger partial charge >= 0.3 is 6.61 Å². The van der Waals surface area contributed by atoms with Crippen molar-refractivity contribution in [1.82, 2.24) is 24.8 Å². The number of halogens is 2. The van der Waals surface area contributed by atoms with Gasteiger partial charge in [-0.3, -0.25) is 4.79 Å². The molecule has 2 aliphatic heterocycles. The lowest BCUT2D eigenvalue weighted by Crippen LogP contribution is -2.48. The minimum atomic E-state index is -3.03. The summed E-state index contributed by atoms with van der Waals surface area (Å²) in [7, 11) is 0. The van der Waals surface area contributed by atoms with E-state index in [0.29, 0.717) is 28.9 Å². The molecule has 0 unspecified atom stereocenters. The number of nitrogens with zero attached hydrogens (tertiary/aromatic N) is 5. The second-order valence-electron chi connectivity index (χ2n) is 10.8. The first-order valence-corrected chi connectivity index (χ1v) is 12.5. The molecule has 2 bridgehead atoms. The molecule has 1 aliphatic carbocycles. The van der Waals surface area contributed by atoms with Crippen molar-refractivity contribution in [2.75, 3.05) is 0 Å². The zero-order valence-corrected chi connectivity index (χ0v) is 20.7. The second-order valence-corrected chi connectivity index (χ2v) is 10.8. The van der Waals surface area contributed by atoms with Crippen LogP contribution in [0, 0.1) is 16.7 Å². The number of ether oxygens (including phenoxy) is 1. The minimum Gasteiger partial charge on any atom is -0.434 e. The van der Waals surface area contributed by atoms with Crippen LogP contribution in [0.15, 0.2) is 48.8 Å². The Morgan fingerprint density at radius 1 is 1.21 bits per heavy atom. The molecule has 11 heteroatoms. The van der Waals surface area contributed by atoms with Gasteiger partial charge < -0.3 is 19.7 Å². The van der Waals surface area contributed by atoms with E-state index in [-0.39, 0.29) is 36.4 Å². The molecule has 4 heterocycles. The van der Waals surface area contributed by atoms with Crippen LogP contribution in [0.4, 0.5) is 8.78 Å². The van der Waals surface area contributed by atoms with Crippen molar-refractivity contribution in [2.45, 2.75) is 50.5 Å². The van der Waals surface area contributed by atoms with Crippen LogP contribution >= 0.6 is 0 Å². The normalized spacial score (nSPS) is 26.8. The van der Waals surface area contributed by atoms with E-state index in [1.165, 1.54) is 12.1 Å². The van der Waals surface area contributed by atoms with Crippen molar-refractivity contribution in [3.8, 4) is 22.9 Å². The summed E-state index contributed by atoms with van der Waals surface area (Å²) >= 11 is 0. The topological polar surface area (TPSA) is 126 Å². The summed E-state index contributed by atoms with van der Waals surface area (Å²) in [5, 5.41) is 23.1. The standard InChI is InChI=1S/C28H22F2N6O3/c1-27(13-31)11-28(38,12-27)25-32-9-15(10-33-25)14-5-6-17-19(7-14)36-20-8-18(23(36)34-17)35-24(37)16-3-2-4-21(22(16)20)39-26(29)30/h2-7,9-10,18,20,26,38H,8,11-12H2,1H3,(H,35,37)/t18-,20-,27?,28?/m1/s1. The number of hydrogen-bond acceptors (Lipinski definition) is 7. The molecule has 3 aliphatic rings. The predicted molar refractivity (Wildman–Crippen MR) is 134 cm³/mol. The molecule has 2 aromatic carbocycles. The first kappa shape index (κ1) is 23.7. The molecule has 1 amide bonds. The SMILES string of the molecule is CC1(C#N)CC(O)(c2ncc(-c3ccc4nc5n(c4c3)[C@@H]3C[C@H]5NC(=O)c4cccc(OC(F)F)c43)cn2)C1. The molecule has 0 saturated heterocycles. The average molecular weight is 529 g/mol. The fourth-order valence-corrected chi connectivity index (χ4v) is 6.38. The van der Waals surface area contributed by atoms with Gasteiger partial charge in [0.15, 0.2) is 5.82 Å². The number of benzene rings is 2. The van der Waals surface area contributed by atoms with Crippen LogP contribution in [-0.2, 0) is 5.60 Å². The van der Waals surface area contributed by atoms with Crippen molar-refractivity contribution >= 4 is 16.9 Å². The van der Waals surface area contributed by atoms with E-state index in [1.54, 1.807) is 25.4 Å². The highest BCUT2D eigenvalue weighted by Gasteiger charge is 2.54. The van der Waals surface area contributed by atoms with Gasteiger partial charge in [-0.2, -0.15) is 14.0 Å². The molecular formula is C28H22F2N6O3. The molecule has 9 nitrogen and oxygen atoms in total. The van der Waals surface area contributed by atoms with Gasteiger partial charge in [0, 0.05) is 41.9 Å². The van der Waals surface area contributed by atoms with E-state index in [0.717, 1.165) is 16.6 Å². The van der Waals surface area contributed by atoms with Crippen LogP contribution in [0.25, 0.3) is 22.2 Å². The third-order valence-corrected chi connectivity index (χ3v) is 8.00. The Bertz CT molecular complexity index is 1710. The summed E-state index contributed by atoms with van der Waals surface area (Å²) in [6, 6.07) is 11.7. The van der Waals surface area contributed by atoms with Crippen molar-refractivity contribution in [2.24, 2.45) is 5.41 Å². The van der Waals surface area contributed by atoms with E-state index >= 15 is 0 Å². The summed E-state index contributed by atoms with van der Waals surface area (Å²) in [6.45, 7) is -1.22. The molecule has 0 spiro atoms. The number of hydrogen-bond donors (Lipinski definition) is 2. The van der Waals surface area contributed by atoms with E-state index in [9.17, 15) is 23.9 Å². The Labute approximate surface area is 221 Å². The Kier molecular flexibility index (Phi) is 4.88. The number of carbonyl (C=O) groups is 1. The third-order valence-electron chi connectivity index (χ3n) is 8.00. The van der Waals surface area contributed by atoms with E-state index in [4.69, 9.17) is 9.72 Å². The number of rotatable bonds is 4. The van der Waals surface area contributed by atoms with Gasteiger partial charge in [0.2, 0.25) is 0 Å². The highest BCUT2D eigenvalue weighted by molar-refractivity contribution is 5.98. The van der Waals surface area contributed by atoms with Crippen LogP contribution in [-0.4, -0.2) is 37.1 Å². The molecule has 2 N–H and O–H groups in total. The second kappa shape index (κ2) is 8.04. The molecule has 4 aromatic rings. The van der Waals surface area contributed by atoms with Gasteiger partial charge in [0.25, 0.3) is 5.91 Å². The van der Waals surface area contributed by atoms with Gasteiger partial charge in [-0.1, -0.05) is 12.1 Å². The summed E-state index contributed by atoms with van der Waals surface area (Å²) in [5.41, 5.74) is 1.91. The number of alkyl halides is 2. The van der Waals surface area contributed by atoms with Crippen LogP contribution in [0.2, 0.25) is 0 Å². The number of nitriles is 1. The van der Waals surface area contributed by atoms with Crippen molar-refractivity contribution < 1.29 is 23.4 Å². The zero-order valence-electron chi connectivity index (χ0n) is 20.7. The molecule has 0 radical (unpaired) electrons. The molecule has 2 atom stereocenters. The van der Waals surface area contributed by atoms with Crippen LogP contribution in [0.3, 0.4) is 0 Å². The minimum absolute atomic E-state index is 0.0282. The van der Waals surface area contributed by atoms with Gasteiger partial charge in [0.1, 0.15) is 17.2 Å². The number of imidazole rings is 1. The molecule has 1 saturated carbocycles. The van der Waals surface area contributed by atoms with E-state index in [1.807, 2.05) is 22.8 Å². The zero-order chi connectivity index (χ0) is 27.1. The maximum Gasteiger partial charge on any atom is 0.387 e. The Morgan fingerprint density at radius 2 is 1.97 bits per heavy atom. The predicted octanol–water partition coefficient (Wildman–Crippen LogP) is 4.38. The van der Waals surface area contributed by atoms with Crippen molar-refractivity contribution in [3.05, 3.63) is 71.6 Å². The first-order chi connectivity index (χ1) is 18.7. The number of carbonyl (C=O) groups excluding carboxylic acids is 1. The number of amides is 1. The summed E-state index contributed by atoms with van der Waals surface area (Å²) in [6.07, 6.45) is 4.29. The highest BCUT2D eigenvalue weighted by atomic mass is 19.3. The number of fused-ring (bicyclic) bond motifs is 9. The van der Waals surface area contributed by atoms with Crippen LogP contribution in [0.1, 0.15) is 65.8 Å². The third kappa shape index (κ3) is 3.51. The van der Waals surface area contributed by atoms with Gasteiger partial charge in [-0.05, 0) is 43.2 Å². The summed E-state index contributed by atoms with van der Waals surface area (Å²) in [4.78, 5) is 26.5. The Balaban J connectivity index is 1.29. The van der Waals surface area contributed by atoms with Gasteiger partial charge in [-0.25, -0.2) is 15.0 Å².